The van der Waals surface area contributed by atoms with Gasteiger partial charge in [0, 0.05) is 6.54 Å². The summed E-state index contributed by atoms with van der Waals surface area (Å²) in [5, 5.41) is 12.5. The molecule has 1 atom stereocenters. The summed E-state index contributed by atoms with van der Waals surface area (Å²) in [5.74, 6) is 1.31. The maximum Gasteiger partial charge on any atom is 0.123 e. The van der Waals surface area contributed by atoms with E-state index in [0.29, 0.717) is 19.1 Å². The average molecular weight is 237 g/mol. The minimum atomic E-state index is -0.472. The van der Waals surface area contributed by atoms with Crippen molar-refractivity contribution in [2.75, 3.05) is 20.2 Å². The maximum atomic E-state index is 9.62. The Hall–Kier alpha value is -1.06. The molecule has 3 nitrogen and oxygen atoms in total. The fraction of sp³-hybridized carbons (Fsp3) is 0.571. The number of aryl methyl sites for hydroxylation is 1. The van der Waals surface area contributed by atoms with Crippen LogP contribution in [0, 0.1) is 6.92 Å². The van der Waals surface area contributed by atoms with Gasteiger partial charge in [0.05, 0.1) is 0 Å². The summed E-state index contributed by atoms with van der Waals surface area (Å²) in [4.78, 5) is 0. The van der Waals surface area contributed by atoms with Gasteiger partial charge in [0.2, 0.25) is 0 Å². The molecule has 0 spiro atoms. The Bertz CT molecular complexity index is 350. The second kappa shape index (κ2) is 6.62. The second-order valence-corrected chi connectivity index (χ2v) is 4.72. The lowest BCUT2D eigenvalue weighted by Gasteiger charge is -2.17. The third-order valence-electron chi connectivity index (χ3n) is 2.66. The van der Waals surface area contributed by atoms with Gasteiger partial charge in [-0.1, -0.05) is 26.0 Å². The Kier molecular flexibility index (Phi) is 5.45. The van der Waals surface area contributed by atoms with E-state index in [9.17, 15) is 5.11 Å². The van der Waals surface area contributed by atoms with Gasteiger partial charge in [0.1, 0.15) is 18.5 Å². The molecular formula is C14H23NO2. The molecular weight excluding hydrogens is 214 g/mol. The molecule has 2 N–H and O–H groups in total. The van der Waals surface area contributed by atoms with E-state index in [2.05, 4.69) is 31.3 Å². The van der Waals surface area contributed by atoms with Crippen LogP contribution in [-0.2, 0) is 0 Å². The van der Waals surface area contributed by atoms with Crippen molar-refractivity contribution in [2.24, 2.45) is 0 Å². The van der Waals surface area contributed by atoms with Gasteiger partial charge in [-0.2, -0.15) is 0 Å². The van der Waals surface area contributed by atoms with Crippen LogP contribution in [0.4, 0.5) is 0 Å². The first-order valence-corrected chi connectivity index (χ1v) is 6.10. The molecule has 0 aliphatic heterocycles. The summed E-state index contributed by atoms with van der Waals surface area (Å²) >= 11 is 0. The molecule has 1 aromatic rings. The third-order valence-corrected chi connectivity index (χ3v) is 2.66. The zero-order valence-corrected chi connectivity index (χ0v) is 11.2. The van der Waals surface area contributed by atoms with Crippen LogP contribution in [0.25, 0.3) is 0 Å². The smallest absolute Gasteiger partial charge is 0.123 e. The number of ether oxygens (including phenoxy) is 1. The van der Waals surface area contributed by atoms with E-state index in [0.717, 1.165) is 5.75 Å². The Morgan fingerprint density at radius 3 is 2.65 bits per heavy atom. The van der Waals surface area contributed by atoms with Crippen molar-refractivity contribution in [1.29, 1.82) is 0 Å². The van der Waals surface area contributed by atoms with Gasteiger partial charge < -0.3 is 15.2 Å². The van der Waals surface area contributed by atoms with E-state index in [1.165, 1.54) is 11.1 Å². The number of aliphatic hydroxyl groups excluding tert-OH is 1. The van der Waals surface area contributed by atoms with Crippen LogP contribution in [0.3, 0.4) is 0 Å². The molecule has 96 valence electrons. The molecule has 0 amide bonds. The van der Waals surface area contributed by atoms with Crippen LogP contribution in [0.5, 0.6) is 5.75 Å². The molecule has 1 aromatic carbocycles. The van der Waals surface area contributed by atoms with Crippen molar-refractivity contribution in [3.63, 3.8) is 0 Å². The van der Waals surface area contributed by atoms with Crippen LogP contribution in [-0.4, -0.2) is 31.4 Å². The van der Waals surface area contributed by atoms with Crippen molar-refractivity contribution in [3.05, 3.63) is 29.3 Å². The topological polar surface area (TPSA) is 41.5 Å². The monoisotopic (exact) mass is 237 g/mol. The molecule has 0 saturated carbocycles. The predicted molar refractivity (Wildman–Crippen MR) is 70.7 cm³/mol. The van der Waals surface area contributed by atoms with E-state index in [4.69, 9.17) is 4.74 Å². The van der Waals surface area contributed by atoms with Crippen LogP contribution in [0.15, 0.2) is 18.2 Å². The molecule has 0 aromatic heterocycles. The van der Waals surface area contributed by atoms with E-state index >= 15 is 0 Å². The molecule has 3 heteroatoms. The lowest BCUT2D eigenvalue weighted by atomic mass is 10.0. The quantitative estimate of drug-likeness (QED) is 0.796. The van der Waals surface area contributed by atoms with E-state index in [1.54, 1.807) is 0 Å². The fourth-order valence-corrected chi connectivity index (χ4v) is 1.72. The number of nitrogens with one attached hydrogen (secondary N) is 1. The third kappa shape index (κ3) is 4.36. The zero-order chi connectivity index (χ0) is 12.8. The predicted octanol–water partition coefficient (Wildman–Crippen LogP) is 2.08. The lowest BCUT2D eigenvalue weighted by Crippen LogP contribution is -2.29. The maximum absolute atomic E-state index is 9.62. The molecule has 0 radical (unpaired) electrons. The van der Waals surface area contributed by atoms with E-state index < -0.39 is 6.10 Å². The number of benzene rings is 1. The summed E-state index contributed by atoms with van der Waals surface area (Å²) < 4.78 is 5.70. The van der Waals surface area contributed by atoms with Gasteiger partial charge in [-0.25, -0.2) is 0 Å². The molecule has 17 heavy (non-hydrogen) atoms. The fourth-order valence-electron chi connectivity index (χ4n) is 1.72. The first-order chi connectivity index (χ1) is 8.04. The Morgan fingerprint density at radius 2 is 2.06 bits per heavy atom. The highest BCUT2D eigenvalue weighted by Crippen LogP contribution is 2.27. The van der Waals surface area contributed by atoms with Crippen molar-refractivity contribution < 1.29 is 9.84 Å². The van der Waals surface area contributed by atoms with Gasteiger partial charge in [0.15, 0.2) is 0 Å². The first-order valence-electron chi connectivity index (χ1n) is 6.10. The highest BCUT2D eigenvalue weighted by atomic mass is 16.5. The summed E-state index contributed by atoms with van der Waals surface area (Å²) in [7, 11) is 1.81. The molecule has 0 fully saturated rings. The van der Waals surface area contributed by atoms with Gasteiger partial charge in [-0.05, 0) is 37.1 Å². The standard InChI is InChI=1S/C14H23NO2/c1-10(2)13-6-5-11(3)7-14(13)17-9-12(16)8-15-4/h5-7,10,12,15-16H,8-9H2,1-4H3/t12-/m0/s1. The van der Waals surface area contributed by atoms with Crippen molar-refractivity contribution in [2.45, 2.75) is 32.8 Å². The number of hydrogen-bond acceptors (Lipinski definition) is 3. The highest BCUT2D eigenvalue weighted by Gasteiger charge is 2.10. The molecule has 0 unspecified atom stereocenters. The normalized spacial score (nSPS) is 12.8. The molecule has 0 aliphatic rings. The van der Waals surface area contributed by atoms with Gasteiger partial charge in [-0.3, -0.25) is 0 Å². The van der Waals surface area contributed by atoms with Gasteiger partial charge in [0.25, 0.3) is 0 Å². The largest absolute Gasteiger partial charge is 0.491 e. The summed E-state index contributed by atoms with van der Waals surface area (Å²) in [6.07, 6.45) is -0.472. The molecule has 0 aliphatic carbocycles. The van der Waals surface area contributed by atoms with E-state index in [-0.39, 0.29) is 0 Å². The number of likely N-dealkylation sites (N-methyl/N-ethyl adjacent to an activating group) is 1. The van der Waals surface area contributed by atoms with Gasteiger partial charge in [-0.15, -0.1) is 0 Å². The van der Waals surface area contributed by atoms with Crippen LogP contribution < -0.4 is 10.1 Å². The van der Waals surface area contributed by atoms with Crippen LogP contribution in [0.2, 0.25) is 0 Å². The minimum absolute atomic E-state index is 0.323. The number of aliphatic hydroxyl groups is 1. The molecule has 0 saturated heterocycles. The SMILES string of the molecule is CNC[C@H](O)COc1cc(C)ccc1C(C)C. The summed E-state index contributed by atoms with van der Waals surface area (Å²) in [6.45, 7) is 7.19. The van der Waals surface area contributed by atoms with Crippen molar-refractivity contribution in [1.82, 2.24) is 5.32 Å². The number of hydrogen-bond donors (Lipinski definition) is 2. The average Bonchev–Trinajstić information content (AvgIpc) is 2.26. The second-order valence-electron chi connectivity index (χ2n) is 4.72. The molecule has 1 rings (SSSR count). The molecule has 0 heterocycles. The van der Waals surface area contributed by atoms with Crippen molar-refractivity contribution >= 4 is 0 Å². The molecule has 0 bridgehead atoms. The van der Waals surface area contributed by atoms with Crippen LogP contribution >= 0.6 is 0 Å². The number of rotatable bonds is 6. The first kappa shape index (κ1) is 14.0. The Labute approximate surface area is 104 Å². The van der Waals surface area contributed by atoms with Crippen LogP contribution in [0.1, 0.15) is 30.9 Å². The Balaban J connectivity index is 2.71. The van der Waals surface area contributed by atoms with Gasteiger partial charge >= 0.3 is 0 Å². The van der Waals surface area contributed by atoms with Crippen molar-refractivity contribution in [3.8, 4) is 5.75 Å². The summed E-state index contributed by atoms with van der Waals surface area (Å²) in [5.41, 5.74) is 2.36. The Morgan fingerprint density at radius 1 is 1.35 bits per heavy atom. The summed E-state index contributed by atoms with van der Waals surface area (Å²) in [6, 6.07) is 6.22. The van der Waals surface area contributed by atoms with E-state index in [1.807, 2.05) is 20.0 Å². The highest BCUT2D eigenvalue weighted by molar-refractivity contribution is 5.39. The lowest BCUT2D eigenvalue weighted by molar-refractivity contribution is 0.107. The zero-order valence-electron chi connectivity index (χ0n) is 11.2. The minimum Gasteiger partial charge on any atom is -0.491 e.